The minimum Gasteiger partial charge on any atom is -0.348 e. The quantitative estimate of drug-likeness (QED) is 0.946. The molecule has 1 aromatic carbocycles. The zero-order valence-electron chi connectivity index (χ0n) is 14.1. The predicted molar refractivity (Wildman–Crippen MR) is 89.9 cm³/mol. The second-order valence-corrected chi connectivity index (χ2v) is 6.52. The van der Waals surface area contributed by atoms with E-state index in [0.717, 1.165) is 24.1 Å². The fourth-order valence-electron chi connectivity index (χ4n) is 3.23. The van der Waals surface area contributed by atoms with Crippen LogP contribution in [-0.2, 0) is 0 Å². The summed E-state index contributed by atoms with van der Waals surface area (Å²) in [5.74, 6) is -0.106. The van der Waals surface area contributed by atoms with Gasteiger partial charge in [0, 0.05) is 6.04 Å². The first-order valence-electron chi connectivity index (χ1n) is 8.37. The summed E-state index contributed by atoms with van der Waals surface area (Å²) in [4.78, 5) is 14.1. The molecule has 1 aliphatic rings. The van der Waals surface area contributed by atoms with Gasteiger partial charge in [-0.2, -0.15) is 9.90 Å². The highest BCUT2D eigenvalue weighted by Crippen LogP contribution is 2.19. The minimum atomic E-state index is -0.106. The van der Waals surface area contributed by atoms with Gasteiger partial charge in [-0.25, -0.2) is 0 Å². The summed E-state index contributed by atoms with van der Waals surface area (Å²) in [7, 11) is 0. The lowest BCUT2D eigenvalue weighted by Gasteiger charge is -2.22. The van der Waals surface area contributed by atoms with Crippen molar-refractivity contribution in [2.75, 3.05) is 0 Å². The summed E-state index contributed by atoms with van der Waals surface area (Å²) in [6.07, 6.45) is 5.79. The van der Waals surface area contributed by atoms with Gasteiger partial charge in [0.05, 0.1) is 11.4 Å². The van der Waals surface area contributed by atoms with Gasteiger partial charge < -0.3 is 5.32 Å². The molecule has 0 atom stereocenters. The van der Waals surface area contributed by atoms with Crippen LogP contribution < -0.4 is 5.32 Å². The molecule has 3 rings (SSSR count). The Morgan fingerprint density at radius 2 is 1.87 bits per heavy atom. The number of hydrogen-bond acceptors (Lipinski definition) is 3. The standard InChI is InChI=1S/C18H24N4O/c1-12-9-10-16(13(2)11-12)22-20-14(3)17(21-22)18(23)19-15-7-5-4-6-8-15/h9-11,15H,4-8H2,1-3H3,(H,19,23). The average Bonchev–Trinajstić information content (AvgIpc) is 2.90. The van der Waals surface area contributed by atoms with E-state index in [-0.39, 0.29) is 11.9 Å². The molecule has 0 spiro atoms. The number of nitrogens with one attached hydrogen (secondary N) is 1. The minimum absolute atomic E-state index is 0.106. The van der Waals surface area contributed by atoms with Crippen molar-refractivity contribution in [2.45, 2.75) is 58.9 Å². The Kier molecular flexibility index (Phi) is 4.46. The summed E-state index contributed by atoms with van der Waals surface area (Å²) >= 11 is 0. The molecule has 1 amide bonds. The molecule has 1 heterocycles. The summed E-state index contributed by atoms with van der Waals surface area (Å²) in [5, 5.41) is 12.0. The van der Waals surface area contributed by atoms with Crippen LogP contribution in [0, 0.1) is 20.8 Å². The summed E-state index contributed by atoms with van der Waals surface area (Å²) in [6, 6.07) is 6.40. The predicted octanol–water partition coefficient (Wildman–Crippen LogP) is 3.26. The van der Waals surface area contributed by atoms with Gasteiger partial charge >= 0.3 is 0 Å². The number of rotatable bonds is 3. The largest absolute Gasteiger partial charge is 0.348 e. The van der Waals surface area contributed by atoms with Crippen molar-refractivity contribution in [3.63, 3.8) is 0 Å². The van der Waals surface area contributed by atoms with E-state index >= 15 is 0 Å². The Hall–Kier alpha value is -2.17. The molecule has 23 heavy (non-hydrogen) atoms. The van der Waals surface area contributed by atoms with E-state index in [4.69, 9.17) is 0 Å². The van der Waals surface area contributed by atoms with Crippen molar-refractivity contribution in [1.29, 1.82) is 0 Å². The first-order chi connectivity index (χ1) is 11.0. The molecule has 122 valence electrons. The number of nitrogens with zero attached hydrogens (tertiary/aromatic N) is 3. The smallest absolute Gasteiger partial charge is 0.273 e. The molecular formula is C18H24N4O. The molecule has 1 aromatic heterocycles. The van der Waals surface area contributed by atoms with Gasteiger partial charge in [0.25, 0.3) is 5.91 Å². The van der Waals surface area contributed by atoms with Crippen molar-refractivity contribution in [3.05, 3.63) is 40.7 Å². The second-order valence-electron chi connectivity index (χ2n) is 6.52. The van der Waals surface area contributed by atoms with Gasteiger partial charge in [-0.05, 0) is 45.2 Å². The third kappa shape index (κ3) is 3.44. The van der Waals surface area contributed by atoms with Crippen molar-refractivity contribution in [1.82, 2.24) is 20.3 Å². The molecular weight excluding hydrogens is 288 g/mol. The van der Waals surface area contributed by atoms with E-state index in [1.54, 1.807) is 4.80 Å². The van der Waals surface area contributed by atoms with Crippen molar-refractivity contribution in [3.8, 4) is 5.69 Å². The van der Waals surface area contributed by atoms with E-state index in [1.807, 2.05) is 26.0 Å². The average molecular weight is 312 g/mol. The highest BCUT2D eigenvalue weighted by atomic mass is 16.2. The molecule has 5 heteroatoms. The van der Waals surface area contributed by atoms with E-state index in [0.29, 0.717) is 11.4 Å². The molecule has 0 aliphatic heterocycles. The Morgan fingerprint density at radius 3 is 2.57 bits per heavy atom. The van der Waals surface area contributed by atoms with Crippen LogP contribution in [0.3, 0.4) is 0 Å². The van der Waals surface area contributed by atoms with E-state index in [1.165, 1.54) is 24.8 Å². The van der Waals surface area contributed by atoms with Gasteiger partial charge in [0.15, 0.2) is 5.69 Å². The number of carbonyl (C=O) groups is 1. The maximum atomic E-state index is 12.5. The molecule has 0 bridgehead atoms. The lowest BCUT2D eigenvalue weighted by molar-refractivity contribution is 0.0921. The molecule has 1 aliphatic carbocycles. The zero-order chi connectivity index (χ0) is 16.4. The van der Waals surface area contributed by atoms with Gasteiger partial charge in [-0.3, -0.25) is 4.79 Å². The number of aromatic nitrogens is 3. The molecule has 0 radical (unpaired) electrons. The lowest BCUT2D eigenvalue weighted by atomic mass is 9.95. The molecule has 5 nitrogen and oxygen atoms in total. The maximum Gasteiger partial charge on any atom is 0.273 e. The normalized spacial score (nSPS) is 15.6. The third-order valence-electron chi connectivity index (χ3n) is 4.51. The Labute approximate surface area is 137 Å². The Bertz CT molecular complexity index is 714. The number of benzene rings is 1. The van der Waals surface area contributed by atoms with Crippen molar-refractivity contribution < 1.29 is 4.79 Å². The number of aryl methyl sites for hydroxylation is 3. The van der Waals surface area contributed by atoms with Gasteiger partial charge in [-0.1, -0.05) is 37.0 Å². The van der Waals surface area contributed by atoms with Crippen molar-refractivity contribution in [2.24, 2.45) is 0 Å². The molecule has 1 fully saturated rings. The molecule has 1 N–H and O–H groups in total. The fraction of sp³-hybridized carbons (Fsp3) is 0.500. The van der Waals surface area contributed by atoms with E-state index in [9.17, 15) is 4.79 Å². The van der Waals surface area contributed by atoms with Crippen molar-refractivity contribution >= 4 is 5.91 Å². The van der Waals surface area contributed by atoms with Crippen LogP contribution in [0.15, 0.2) is 18.2 Å². The number of amides is 1. The summed E-state index contributed by atoms with van der Waals surface area (Å²) in [6.45, 7) is 5.92. The summed E-state index contributed by atoms with van der Waals surface area (Å²) in [5.41, 5.74) is 4.30. The highest BCUT2D eigenvalue weighted by Gasteiger charge is 2.21. The topological polar surface area (TPSA) is 59.8 Å². The van der Waals surface area contributed by atoms with Crippen LogP contribution >= 0.6 is 0 Å². The van der Waals surface area contributed by atoms with Crippen LogP contribution in [0.1, 0.15) is 59.4 Å². The molecule has 0 unspecified atom stereocenters. The van der Waals surface area contributed by atoms with Gasteiger partial charge in [0.2, 0.25) is 0 Å². The first kappa shape index (κ1) is 15.7. The second kappa shape index (κ2) is 6.52. The Balaban J connectivity index is 1.81. The fourth-order valence-corrected chi connectivity index (χ4v) is 3.23. The van der Waals surface area contributed by atoms with Gasteiger partial charge in [-0.15, -0.1) is 5.10 Å². The maximum absolute atomic E-state index is 12.5. The van der Waals surface area contributed by atoms with Crippen LogP contribution in [0.2, 0.25) is 0 Å². The number of carbonyl (C=O) groups excluding carboxylic acids is 1. The summed E-state index contributed by atoms with van der Waals surface area (Å²) < 4.78 is 0. The first-order valence-corrected chi connectivity index (χ1v) is 8.37. The van der Waals surface area contributed by atoms with Gasteiger partial charge in [0.1, 0.15) is 0 Å². The van der Waals surface area contributed by atoms with Crippen LogP contribution in [-0.4, -0.2) is 26.9 Å². The highest BCUT2D eigenvalue weighted by molar-refractivity contribution is 5.93. The van der Waals surface area contributed by atoms with Crippen LogP contribution in [0.4, 0.5) is 0 Å². The van der Waals surface area contributed by atoms with Crippen LogP contribution in [0.5, 0.6) is 0 Å². The molecule has 2 aromatic rings. The Morgan fingerprint density at radius 1 is 1.13 bits per heavy atom. The number of hydrogen-bond donors (Lipinski definition) is 1. The molecule has 1 saturated carbocycles. The zero-order valence-corrected chi connectivity index (χ0v) is 14.1. The SMILES string of the molecule is Cc1ccc(-n2nc(C)c(C(=O)NC3CCCCC3)n2)c(C)c1. The van der Waals surface area contributed by atoms with E-state index < -0.39 is 0 Å². The monoisotopic (exact) mass is 312 g/mol. The van der Waals surface area contributed by atoms with Crippen LogP contribution in [0.25, 0.3) is 5.69 Å². The lowest BCUT2D eigenvalue weighted by Crippen LogP contribution is -2.36. The van der Waals surface area contributed by atoms with E-state index in [2.05, 4.69) is 28.5 Å². The molecule has 0 saturated heterocycles. The third-order valence-corrected chi connectivity index (χ3v) is 4.51.